The summed E-state index contributed by atoms with van der Waals surface area (Å²) in [4.78, 5) is 37.7. The molecule has 0 unspecified atom stereocenters. The van der Waals surface area contributed by atoms with E-state index in [9.17, 15) is 39.5 Å². The molecule has 4 rings (SSSR count). The van der Waals surface area contributed by atoms with Gasteiger partial charge < -0.3 is 15.3 Å². The molecule has 248 valence electrons. The van der Waals surface area contributed by atoms with Crippen LogP contribution in [-0.2, 0) is 27.5 Å². The summed E-state index contributed by atoms with van der Waals surface area (Å²) in [7, 11) is 0. The Balaban J connectivity index is 0.000000379. The van der Waals surface area contributed by atoms with Crippen molar-refractivity contribution in [1.82, 2.24) is 14.8 Å². The Hall–Kier alpha value is -3.45. The van der Waals surface area contributed by atoms with Crippen molar-refractivity contribution in [2.45, 2.75) is 50.9 Å². The third-order valence-electron chi connectivity index (χ3n) is 6.25. The number of pyridine rings is 1. The predicted octanol–water partition coefficient (Wildman–Crippen LogP) is 5.53. The minimum absolute atomic E-state index is 0.578. The molecule has 2 aromatic rings. The summed E-state index contributed by atoms with van der Waals surface area (Å²) >= 11 is 1.89. The van der Waals surface area contributed by atoms with Crippen LogP contribution in [0.2, 0.25) is 0 Å². The lowest BCUT2D eigenvalue weighted by Gasteiger charge is -2.39. The number of rotatable bonds is 4. The van der Waals surface area contributed by atoms with Gasteiger partial charge in [0, 0.05) is 36.9 Å². The van der Waals surface area contributed by atoms with E-state index in [4.69, 9.17) is 29.7 Å². The molecular weight excluding hydrogens is 641 g/mol. The van der Waals surface area contributed by atoms with Crippen LogP contribution in [0, 0.1) is 5.41 Å². The maximum atomic E-state index is 10.6. The zero-order valence-electron chi connectivity index (χ0n) is 22.6. The molecule has 0 aliphatic carbocycles. The molecule has 2 fully saturated rings. The average Bonchev–Trinajstić information content (AvgIpc) is 3.56. The second-order valence-electron chi connectivity index (χ2n) is 9.59. The van der Waals surface area contributed by atoms with Crippen LogP contribution in [0.15, 0.2) is 42.0 Å². The molecule has 0 atom stereocenters. The number of hydrogen-bond acceptors (Lipinski definition) is 7. The Labute approximate surface area is 248 Å². The number of piperidine rings is 1. The molecule has 0 aromatic carbocycles. The van der Waals surface area contributed by atoms with E-state index < -0.39 is 36.4 Å². The third kappa shape index (κ3) is 14.8. The standard InChI is InChI=1S/C19H25N3S.3C2HF3O2/c1-3-17(13-20-8-1)14-22-11-7-19(16-22)5-9-21(10-6-19)15-18-4-2-12-23-18;3*3-2(4,5)1(6)7/h1-4,8,12-13H,5-7,9-11,14-16H2;3*(H,6,7). The Morgan fingerprint density at radius 1 is 0.750 bits per heavy atom. The number of likely N-dealkylation sites (tertiary alicyclic amines) is 2. The summed E-state index contributed by atoms with van der Waals surface area (Å²) in [6.45, 7) is 7.26. The number of carboxylic acids is 3. The second kappa shape index (κ2) is 16.6. The van der Waals surface area contributed by atoms with E-state index in [0.717, 1.165) is 13.1 Å². The molecule has 44 heavy (non-hydrogen) atoms. The SMILES string of the molecule is O=C(O)C(F)(F)F.O=C(O)C(F)(F)F.O=C(O)C(F)(F)F.c1cncc(CN2CCC3(CCN(Cc4cccs4)CC3)C2)c1. The highest BCUT2D eigenvalue weighted by atomic mass is 32.1. The van der Waals surface area contributed by atoms with E-state index in [1.165, 1.54) is 55.9 Å². The topological polar surface area (TPSA) is 131 Å². The van der Waals surface area contributed by atoms with Crippen molar-refractivity contribution in [2.24, 2.45) is 5.41 Å². The zero-order chi connectivity index (χ0) is 33.8. The van der Waals surface area contributed by atoms with Gasteiger partial charge in [0.05, 0.1) is 0 Å². The van der Waals surface area contributed by atoms with Crippen molar-refractivity contribution in [3.63, 3.8) is 0 Å². The van der Waals surface area contributed by atoms with Crippen LogP contribution in [0.25, 0.3) is 0 Å². The first-order valence-corrected chi connectivity index (χ1v) is 13.3. The predicted molar refractivity (Wildman–Crippen MR) is 136 cm³/mol. The summed E-state index contributed by atoms with van der Waals surface area (Å²) in [6.07, 6.45) is -7.28. The molecule has 0 amide bonds. The van der Waals surface area contributed by atoms with Crippen LogP contribution in [0.1, 0.15) is 29.7 Å². The maximum absolute atomic E-state index is 10.6. The number of halogens is 9. The van der Waals surface area contributed by atoms with Gasteiger partial charge in [-0.1, -0.05) is 12.1 Å². The minimum Gasteiger partial charge on any atom is -0.475 e. The molecule has 2 aromatic heterocycles. The van der Waals surface area contributed by atoms with E-state index in [0.29, 0.717) is 5.41 Å². The molecule has 9 nitrogen and oxygen atoms in total. The quantitative estimate of drug-likeness (QED) is 0.360. The highest BCUT2D eigenvalue weighted by Crippen LogP contribution is 2.41. The van der Waals surface area contributed by atoms with Crippen LogP contribution in [-0.4, -0.2) is 92.7 Å². The Kier molecular flexibility index (Phi) is 14.5. The fourth-order valence-electron chi connectivity index (χ4n) is 4.13. The van der Waals surface area contributed by atoms with Crippen LogP contribution in [0.4, 0.5) is 39.5 Å². The van der Waals surface area contributed by atoms with E-state index >= 15 is 0 Å². The summed E-state index contributed by atoms with van der Waals surface area (Å²) < 4.78 is 95.2. The summed E-state index contributed by atoms with van der Waals surface area (Å²) in [6, 6.07) is 8.67. The first kappa shape index (κ1) is 38.6. The molecule has 0 radical (unpaired) electrons. The maximum Gasteiger partial charge on any atom is 0.490 e. The normalized spacial score (nSPS) is 16.8. The molecular formula is C25H28F9N3O6S. The van der Waals surface area contributed by atoms with Crippen LogP contribution in [0.3, 0.4) is 0 Å². The number of alkyl halides is 9. The molecule has 0 bridgehead atoms. The van der Waals surface area contributed by atoms with Gasteiger partial charge in [-0.15, -0.1) is 11.3 Å². The Bertz CT molecular complexity index is 1110. The zero-order valence-corrected chi connectivity index (χ0v) is 23.4. The number of aromatic nitrogens is 1. The number of carboxylic acid groups (broad SMARTS) is 3. The van der Waals surface area contributed by atoms with Gasteiger partial charge in [-0.2, -0.15) is 39.5 Å². The number of carbonyl (C=O) groups is 3. The van der Waals surface area contributed by atoms with E-state index in [-0.39, 0.29) is 0 Å². The van der Waals surface area contributed by atoms with Crippen molar-refractivity contribution in [3.05, 3.63) is 52.5 Å². The van der Waals surface area contributed by atoms with Gasteiger partial charge in [-0.05, 0) is 67.4 Å². The highest BCUT2D eigenvalue weighted by Gasteiger charge is 2.41. The summed E-state index contributed by atoms with van der Waals surface area (Å²) in [5.41, 5.74) is 1.92. The fraction of sp³-hybridized carbons (Fsp3) is 0.520. The van der Waals surface area contributed by atoms with E-state index in [1.807, 2.05) is 29.8 Å². The van der Waals surface area contributed by atoms with Gasteiger partial charge in [0.15, 0.2) is 0 Å². The van der Waals surface area contributed by atoms with Crippen LogP contribution >= 0.6 is 11.3 Å². The number of aliphatic carboxylic acids is 3. The lowest BCUT2D eigenvalue weighted by molar-refractivity contribution is -0.193. The van der Waals surface area contributed by atoms with Gasteiger partial charge >= 0.3 is 36.4 Å². The number of hydrogen-bond donors (Lipinski definition) is 3. The fourth-order valence-corrected chi connectivity index (χ4v) is 4.88. The van der Waals surface area contributed by atoms with E-state index in [1.54, 1.807) is 0 Å². The number of nitrogens with zero attached hydrogens (tertiary/aromatic N) is 3. The van der Waals surface area contributed by atoms with E-state index in [2.05, 4.69) is 38.4 Å². The Morgan fingerprint density at radius 3 is 1.57 bits per heavy atom. The van der Waals surface area contributed by atoms with Crippen molar-refractivity contribution in [3.8, 4) is 0 Å². The van der Waals surface area contributed by atoms with Crippen LogP contribution in [0.5, 0.6) is 0 Å². The molecule has 4 heterocycles. The summed E-state index contributed by atoms with van der Waals surface area (Å²) in [5.74, 6) is -8.27. The largest absolute Gasteiger partial charge is 0.490 e. The first-order chi connectivity index (χ1) is 20.1. The van der Waals surface area contributed by atoms with Crippen molar-refractivity contribution >= 4 is 29.2 Å². The lowest BCUT2D eigenvalue weighted by Crippen LogP contribution is -2.41. The molecule has 0 saturated carbocycles. The van der Waals surface area contributed by atoms with Crippen molar-refractivity contribution in [2.75, 3.05) is 26.2 Å². The minimum atomic E-state index is -5.08. The molecule has 1 spiro atoms. The van der Waals surface area contributed by atoms with Crippen molar-refractivity contribution in [1.29, 1.82) is 0 Å². The smallest absolute Gasteiger partial charge is 0.475 e. The molecule has 2 aliphatic rings. The lowest BCUT2D eigenvalue weighted by atomic mass is 9.78. The average molecular weight is 670 g/mol. The molecule has 2 aliphatic heterocycles. The number of thiophene rings is 1. The second-order valence-corrected chi connectivity index (χ2v) is 10.6. The van der Waals surface area contributed by atoms with Gasteiger partial charge in [0.2, 0.25) is 0 Å². The highest BCUT2D eigenvalue weighted by molar-refractivity contribution is 7.09. The van der Waals surface area contributed by atoms with Crippen molar-refractivity contribution < 1.29 is 69.2 Å². The summed E-state index contributed by atoms with van der Waals surface area (Å²) in [5, 5.41) is 23.6. The Morgan fingerprint density at radius 2 is 1.20 bits per heavy atom. The molecule has 2 saturated heterocycles. The molecule has 3 N–H and O–H groups in total. The first-order valence-electron chi connectivity index (χ1n) is 12.4. The van der Waals surface area contributed by atoms with Gasteiger partial charge in [0.25, 0.3) is 0 Å². The van der Waals surface area contributed by atoms with Gasteiger partial charge in [-0.3, -0.25) is 14.8 Å². The van der Waals surface area contributed by atoms with Gasteiger partial charge in [-0.25, -0.2) is 14.4 Å². The monoisotopic (exact) mass is 669 g/mol. The van der Waals surface area contributed by atoms with Gasteiger partial charge in [0.1, 0.15) is 0 Å². The molecule has 19 heteroatoms. The van der Waals surface area contributed by atoms with Crippen LogP contribution < -0.4 is 0 Å². The third-order valence-corrected chi connectivity index (χ3v) is 7.11.